The lowest BCUT2D eigenvalue weighted by Gasteiger charge is -2.14. The van der Waals surface area contributed by atoms with E-state index < -0.39 is 22.9 Å². The molecular formula is C19H18N2O5S2. The Hall–Kier alpha value is -2.52. The summed E-state index contributed by atoms with van der Waals surface area (Å²) in [5.41, 5.74) is 1.85. The summed E-state index contributed by atoms with van der Waals surface area (Å²) in [4.78, 5) is 34.6. The summed E-state index contributed by atoms with van der Waals surface area (Å²) in [5.74, 6) is 1.16. The quantitative estimate of drug-likeness (QED) is 0.425. The molecule has 0 bridgehead atoms. The van der Waals surface area contributed by atoms with Crippen molar-refractivity contribution >= 4 is 46.8 Å². The first-order chi connectivity index (χ1) is 13.4. The second kappa shape index (κ2) is 9.11. The van der Waals surface area contributed by atoms with Gasteiger partial charge in [-0.1, -0.05) is 12.1 Å². The Balaban J connectivity index is 1.55. The Labute approximate surface area is 170 Å². The van der Waals surface area contributed by atoms with Crippen LogP contribution < -0.4 is 5.32 Å². The molecule has 7 nitrogen and oxygen atoms in total. The molecule has 28 heavy (non-hydrogen) atoms. The Kier molecular flexibility index (Phi) is 6.58. The molecule has 0 spiro atoms. The van der Waals surface area contributed by atoms with E-state index in [-0.39, 0.29) is 5.69 Å². The third-order valence-electron chi connectivity index (χ3n) is 4.04. The fraction of sp³-hybridized carbons (Fsp3) is 0.263. The number of nitro benzene ring substituents is 1. The van der Waals surface area contributed by atoms with E-state index in [4.69, 9.17) is 4.74 Å². The minimum absolute atomic E-state index is 0.0738. The molecule has 3 rings (SSSR count). The van der Waals surface area contributed by atoms with Gasteiger partial charge in [-0.05, 0) is 36.8 Å². The van der Waals surface area contributed by atoms with Crippen LogP contribution in [-0.4, -0.2) is 34.4 Å². The number of amides is 1. The van der Waals surface area contributed by atoms with Crippen LogP contribution in [0.25, 0.3) is 0 Å². The lowest BCUT2D eigenvalue weighted by atomic mass is 10.1. The minimum Gasteiger partial charge on any atom is -0.449 e. The Morgan fingerprint density at radius 2 is 1.71 bits per heavy atom. The van der Waals surface area contributed by atoms with Gasteiger partial charge in [0.15, 0.2) is 6.10 Å². The van der Waals surface area contributed by atoms with Crippen molar-refractivity contribution < 1.29 is 19.2 Å². The van der Waals surface area contributed by atoms with Crippen LogP contribution >= 0.6 is 23.5 Å². The molecule has 1 unspecified atom stereocenters. The van der Waals surface area contributed by atoms with Crippen molar-refractivity contribution in [2.45, 2.75) is 17.6 Å². The summed E-state index contributed by atoms with van der Waals surface area (Å²) >= 11 is 3.77. The molecule has 1 aliphatic heterocycles. The van der Waals surface area contributed by atoms with Gasteiger partial charge in [0.1, 0.15) is 0 Å². The van der Waals surface area contributed by atoms with Crippen molar-refractivity contribution in [3.63, 3.8) is 0 Å². The molecule has 0 aliphatic carbocycles. The number of carbonyl (C=O) groups excluding carboxylic acids is 2. The van der Waals surface area contributed by atoms with Crippen molar-refractivity contribution in [3.05, 3.63) is 69.8 Å². The van der Waals surface area contributed by atoms with Crippen LogP contribution in [0.15, 0.2) is 48.5 Å². The number of esters is 1. The van der Waals surface area contributed by atoms with Crippen molar-refractivity contribution in [1.82, 2.24) is 0 Å². The number of benzene rings is 2. The summed E-state index contributed by atoms with van der Waals surface area (Å²) in [5, 5.41) is 13.2. The summed E-state index contributed by atoms with van der Waals surface area (Å²) in [6.07, 6.45) is -1.01. The molecule has 0 saturated carbocycles. The van der Waals surface area contributed by atoms with Gasteiger partial charge in [0, 0.05) is 29.3 Å². The average Bonchev–Trinajstić information content (AvgIpc) is 3.23. The maximum Gasteiger partial charge on any atom is 0.338 e. The fourth-order valence-corrected chi connectivity index (χ4v) is 5.38. The highest BCUT2D eigenvalue weighted by molar-refractivity contribution is 8.19. The number of carbonyl (C=O) groups is 2. The number of nitro groups is 1. The number of hydrogen-bond acceptors (Lipinski definition) is 7. The third kappa shape index (κ3) is 5.05. The van der Waals surface area contributed by atoms with Gasteiger partial charge in [-0.2, -0.15) is 0 Å². The molecule has 2 aromatic rings. The highest BCUT2D eigenvalue weighted by Crippen LogP contribution is 2.45. The number of nitrogens with zero attached hydrogens (tertiary/aromatic N) is 1. The molecule has 0 radical (unpaired) electrons. The van der Waals surface area contributed by atoms with Gasteiger partial charge >= 0.3 is 5.97 Å². The van der Waals surface area contributed by atoms with Gasteiger partial charge in [0.05, 0.1) is 15.1 Å². The number of non-ortho nitro benzene ring substituents is 1. The van der Waals surface area contributed by atoms with Gasteiger partial charge in [-0.25, -0.2) is 4.79 Å². The number of rotatable bonds is 6. The topological polar surface area (TPSA) is 98.5 Å². The van der Waals surface area contributed by atoms with Crippen LogP contribution in [0.1, 0.15) is 27.4 Å². The van der Waals surface area contributed by atoms with E-state index in [9.17, 15) is 19.7 Å². The first-order valence-corrected chi connectivity index (χ1v) is 10.6. The van der Waals surface area contributed by atoms with Crippen LogP contribution in [0.4, 0.5) is 11.4 Å². The summed E-state index contributed by atoms with van der Waals surface area (Å²) in [6, 6.07) is 12.6. The molecule has 1 fully saturated rings. The SMILES string of the molecule is CC(OC(=O)c1ccc(C2SCCS2)cc1)C(=O)Nc1ccc([N+](=O)[O-])cc1. The standard InChI is InChI=1S/C19H18N2O5S2/c1-12(17(22)20-15-6-8-16(9-7-15)21(24)25)26-18(23)13-2-4-14(5-3-13)19-27-10-11-28-19/h2-9,12,19H,10-11H2,1H3,(H,20,22). The zero-order valence-corrected chi connectivity index (χ0v) is 16.6. The van der Waals surface area contributed by atoms with Gasteiger partial charge in [0.25, 0.3) is 11.6 Å². The molecule has 1 saturated heterocycles. The lowest BCUT2D eigenvalue weighted by Crippen LogP contribution is -2.30. The average molecular weight is 418 g/mol. The largest absolute Gasteiger partial charge is 0.449 e. The fourth-order valence-electron chi connectivity index (χ4n) is 2.52. The molecular weight excluding hydrogens is 400 g/mol. The van der Waals surface area contributed by atoms with Crippen molar-refractivity contribution in [2.75, 3.05) is 16.8 Å². The van der Waals surface area contributed by atoms with Crippen LogP contribution in [0.2, 0.25) is 0 Å². The number of thioether (sulfide) groups is 2. The normalized spacial score (nSPS) is 15.0. The second-order valence-electron chi connectivity index (χ2n) is 6.04. The summed E-state index contributed by atoms with van der Waals surface area (Å²) < 4.78 is 5.63. The van der Waals surface area contributed by atoms with Gasteiger partial charge in [-0.3, -0.25) is 14.9 Å². The maximum atomic E-state index is 12.3. The summed E-state index contributed by atoms with van der Waals surface area (Å²) in [7, 11) is 0. The molecule has 0 aromatic heterocycles. The van der Waals surface area contributed by atoms with Gasteiger partial charge in [0.2, 0.25) is 0 Å². The molecule has 2 aromatic carbocycles. The first-order valence-electron chi connectivity index (χ1n) is 8.53. The monoisotopic (exact) mass is 418 g/mol. The number of nitrogens with one attached hydrogen (secondary N) is 1. The molecule has 1 aliphatic rings. The number of anilines is 1. The van der Waals surface area contributed by atoms with E-state index in [1.165, 1.54) is 31.2 Å². The zero-order chi connectivity index (χ0) is 20.1. The van der Waals surface area contributed by atoms with Crippen molar-refractivity contribution in [1.29, 1.82) is 0 Å². The van der Waals surface area contributed by atoms with Crippen LogP contribution in [0.3, 0.4) is 0 Å². The van der Waals surface area contributed by atoms with E-state index in [0.717, 1.165) is 17.1 Å². The van der Waals surface area contributed by atoms with E-state index in [1.807, 2.05) is 35.7 Å². The predicted molar refractivity (Wildman–Crippen MR) is 111 cm³/mol. The lowest BCUT2D eigenvalue weighted by molar-refractivity contribution is -0.384. The Morgan fingerprint density at radius 1 is 1.11 bits per heavy atom. The van der Waals surface area contributed by atoms with Gasteiger partial charge in [-0.15, -0.1) is 23.5 Å². The van der Waals surface area contributed by atoms with Crippen LogP contribution in [-0.2, 0) is 9.53 Å². The maximum absolute atomic E-state index is 12.3. The smallest absolute Gasteiger partial charge is 0.338 e. The molecule has 1 atom stereocenters. The molecule has 1 N–H and O–H groups in total. The van der Waals surface area contributed by atoms with Crippen LogP contribution in [0.5, 0.6) is 0 Å². The Bertz CT molecular complexity index is 865. The number of ether oxygens (including phenoxy) is 1. The molecule has 1 heterocycles. The van der Waals surface area contributed by atoms with Crippen LogP contribution in [0, 0.1) is 10.1 Å². The van der Waals surface area contributed by atoms with Crippen molar-refractivity contribution in [2.24, 2.45) is 0 Å². The molecule has 9 heteroatoms. The predicted octanol–water partition coefficient (Wildman–Crippen LogP) is 4.26. The second-order valence-corrected chi connectivity index (χ2v) is 8.76. The summed E-state index contributed by atoms with van der Waals surface area (Å²) in [6.45, 7) is 1.47. The molecule has 1 amide bonds. The molecule has 146 valence electrons. The van der Waals surface area contributed by atoms with Crippen molar-refractivity contribution in [3.8, 4) is 0 Å². The number of hydrogen-bond donors (Lipinski definition) is 1. The minimum atomic E-state index is -1.01. The van der Waals surface area contributed by atoms with Gasteiger partial charge < -0.3 is 10.1 Å². The van der Waals surface area contributed by atoms with E-state index in [0.29, 0.717) is 15.8 Å². The first kappa shape index (κ1) is 20.2. The van der Waals surface area contributed by atoms with E-state index in [1.54, 1.807) is 12.1 Å². The third-order valence-corrected chi connectivity index (χ3v) is 7.14. The highest BCUT2D eigenvalue weighted by atomic mass is 32.2. The highest BCUT2D eigenvalue weighted by Gasteiger charge is 2.21. The zero-order valence-electron chi connectivity index (χ0n) is 15.0. The van der Waals surface area contributed by atoms with E-state index >= 15 is 0 Å². The van der Waals surface area contributed by atoms with E-state index in [2.05, 4.69) is 5.32 Å². The Morgan fingerprint density at radius 3 is 2.29 bits per heavy atom.